The molecule has 1 heterocycles. The fraction of sp³-hybridized carbons (Fsp3) is 0.733. The molecule has 1 aliphatic carbocycles. The molecule has 1 aromatic rings. The zero-order chi connectivity index (χ0) is 15.8. The number of aromatic nitrogens is 1. The maximum absolute atomic E-state index is 11.7. The summed E-state index contributed by atoms with van der Waals surface area (Å²) in [7, 11) is 0. The van der Waals surface area contributed by atoms with Gasteiger partial charge in [0, 0.05) is 23.0 Å². The van der Waals surface area contributed by atoms with Crippen LogP contribution in [0.3, 0.4) is 0 Å². The number of thiazole rings is 1. The van der Waals surface area contributed by atoms with E-state index in [-0.39, 0.29) is 18.2 Å². The lowest BCUT2D eigenvalue weighted by atomic mass is 10.2. The Morgan fingerprint density at radius 2 is 2.05 bits per heavy atom. The minimum atomic E-state index is -0.452. The molecular formula is C15H25N3O2S. The Labute approximate surface area is 130 Å². The van der Waals surface area contributed by atoms with Crippen LogP contribution in [0.1, 0.15) is 55.7 Å². The highest BCUT2D eigenvalue weighted by molar-refractivity contribution is 7.11. The number of ether oxygens (including phenoxy) is 1. The van der Waals surface area contributed by atoms with Gasteiger partial charge in [0.25, 0.3) is 0 Å². The van der Waals surface area contributed by atoms with E-state index in [1.165, 1.54) is 4.88 Å². The van der Waals surface area contributed by atoms with Crippen LogP contribution < -0.4 is 10.6 Å². The van der Waals surface area contributed by atoms with Crippen molar-refractivity contribution in [3.05, 3.63) is 15.6 Å². The van der Waals surface area contributed by atoms with Gasteiger partial charge in [-0.3, -0.25) is 0 Å². The lowest BCUT2D eigenvalue weighted by Gasteiger charge is -2.20. The molecule has 3 atom stereocenters. The number of carbonyl (C=O) groups is 1. The van der Waals surface area contributed by atoms with Gasteiger partial charge in [0.05, 0.1) is 10.7 Å². The van der Waals surface area contributed by atoms with Gasteiger partial charge >= 0.3 is 6.09 Å². The normalized spacial score (nSPS) is 22.8. The van der Waals surface area contributed by atoms with Crippen LogP contribution in [0.5, 0.6) is 0 Å². The predicted octanol–water partition coefficient (Wildman–Crippen LogP) is 3.08. The molecule has 0 radical (unpaired) electrons. The van der Waals surface area contributed by atoms with E-state index in [4.69, 9.17) is 4.74 Å². The quantitative estimate of drug-likeness (QED) is 0.897. The Morgan fingerprint density at radius 3 is 2.57 bits per heavy atom. The molecule has 6 heteroatoms. The molecule has 1 amide bonds. The number of carbonyl (C=O) groups excluding carboxylic acids is 1. The lowest BCUT2D eigenvalue weighted by Crippen LogP contribution is -2.37. The van der Waals surface area contributed by atoms with Crippen molar-refractivity contribution in [2.75, 3.05) is 0 Å². The maximum Gasteiger partial charge on any atom is 0.407 e. The Hall–Kier alpha value is -1.14. The summed E-state index contributed by atoms with van der Waals surface area (Å²) >= 11 is 1.73. The van der Waals surface area contributed by atoms with Crippen molar-refractivity contribution < 1.29 is 9.53 Å². The predicted molar refractivity (Wildman–Crippen MR) is 84.7 cm³/mol. The second-order valence-corrected chi connectivity index (χ2v) is 7.90. The summed E-state index contributed by atoms with van der Waals surface area (Å²) in [4.78, 5) is 17.4. The molecule has 118 valence electrons. The molecule has 0 bridgehead atoms. The second kappa shape index (κ2) is 5.93. The number of hydrogen-bond donors (Lipinski definition) is 2. The van der Waals surface area contributed by atoms with E-state index in [9.17, 15) is 4.79 Å². The van der Waals surface area contributed by atoms with Gasteiger partial charge in [0.15, 0.2) is 0 Å². The topological polar surface area (TPSA) is 63.2 Å². The standard InChI is InChI=1S/C15H25N3O2S/c1-8-13(21-10(3)16-8)9(2)17-11-7-12(11)18-14(19)20-15(4,5)6/h9,11-12,17H,7H2,1-6H3,(H,18,19). The van der Waals surface area contributed by atoms with E-state index in [0.29, 0.717) is 6.04 Å². The van der Waals surface area contributed by atoms with Crippen LogP contribution in [-0.4, -0.2) is 28.8 Å². The third-order valence-electron chi connectivity index (χ3n) is 3.29. The Morgan fingerprint density at radius 1 is 1.38 bits per heavy atom. The van der Waals surface area contributed by atoms with Crippen molar-refractivity contribution in [3.63, 3.8) is 0 Å². The van der Waals surface area contributed by atoms with Crippen LogP contribution in [0.25, 0.3) is 0 Å². The van der Waals surface area contributed by atoms with Gasteiger partial charge in [-0.2, -0.15) is 0 Å². The summed E-state index contributed by atoms with van der Waals surface area (Å²) < 4.78 is 5.26. The van der Waals surface area contributed by atoms with Gasteiger partial charge in [0.1, 0.15) is 5.60 Å². The molecule has 1 fully saturated rings. The summed E-state index contributed by atoms with van der Waals surface area (Å²) in [5, 5.41) is 7.54. The van der Waals surface area contributed by atoms with Crippen LogP contribution in [0, 0.1) is 13.8 Å². The first-order chi connectivity index (χ1) is 9.65. The number of alkyl carbamates (subject to hydrolysis) is 1. The lowest BCUT2D eigenvalue weighted by molar-refractivity contribution is 0.0522. The average Bonchev–Trinajstić information content (AvgIpc) is 2.90. The molecule has 1 aromatic heterocycles. The highest BCUT2D eigenvalue weighted by Crippen LogP contribution is 2.29. The molecule has 0 saturated heterocycles. The van der Waals surface area contributed by atoms with E-state index < -0.39 is 5.60 Å². The number of nitrogens with one attached hydrogen (secondary N) is 2. The van der Waals surface area contributed by atoms with E-state index in [1.807, 2.05) is 34.6 Å². The second-order valence-electron chi connectivity index (χ2n) is 6.67. The van der Waals surface area contributed by atoms with E-state index in [2.05, 4.69) is 22.5 Å². The van der Waals surface area contributed by atoms with Crippen LogP contribution in [0.4, 0.5) is 4.79 Å². The van der Waals surface area contributed by atoms with Gasteiger partial charge in [-0.25, -0.2) is 9.78 Å². The number of nitrogens with zero attached hydrogens (tertiary/aromatic N) is 1. The van der Waals surface area contributed by atoms with Crippen molar-refractivity contribution >= 4 is 17.4 Å². The first-order valence-electron chi connectivity index (χ1n) is 7.35. The average molecular weight is 311 g/mol. The van der Waals surface area contributed by atoms with Gasteiger partial charge < -0.3 is 15.4 Å². The zero-order valence-electron chi connectivity index (χ0n) is 13.6. The van der Waals surface area contributed by atoms with Crippen LogP contribution >= 0.6 is 11.3 Å². The van der Waals surface area contributed by atoms with Crippen molar-refractivity contribution in [2.45, 2.75) is 71.7 Å². The minimum absolute atomic E-state index is 0.164. The molecule has 0 aromatic carbocycles. The van der Waals surface area contributed by atoms with Gasteiger partial charge in [-0.05, 0) is 48.0 Å². The Balaban J connectivity index is 1.79. The van der Waals surface area contributed by atoms with Crippen LogP contribution in [-0.2, 0) is 4.74 Å². The van der Waals surface area contributed by atoms with E-state index >= 15 is 0 Å². The van der Waals surface area contributed by atoms with E-state index in [0.717, 1.165) is 17.1 Å². The molecule has 0 aliphatic heterocycles. The smallest absolute Gasteiger partial charge is 0.407 e. The first-order valence-corrected chi connectivity index (χ1v) is 8.17. The molecule has 5 nitrogen and oxygen atoms in total. The molecular weight excluding hydrogens is 286 g/mol. The number of amides is 1. The highest BCUT2D eigenvalue weighted by atomic mass is 32.1. The Kier molecular flexibility index (Phi) is 4.58. The first kappa shape index (κ1) is 16.2. The monoisotopic (exact) mass is 311 g/mol. The molecule has 3 unspecified atom stereocenters. The fourth-order valence-electron chi connectivity index (χ4n) is 2.34. The van der Waals surface area contributed by atoms with Crippen LogP contribution in [0.2, 0.25) is 0 Å². The summed E-state index contributed by atoms with van der Waals surface area (Å²) in [6, 6.07) is 0.734. The van der Waals surface area contributed by atoms with Crippen molar-refractivity contribution in [1.82, 2.24) is 15.6 Å². The third kappa shape index (κ3) is 4.68. The molecule has 21 heavy (non-hydrogen) atoms. The molecule has 1 aliphatic rings. The highest BCUT2D eigenvalue weighted by Gasteiger charge is 2.40. The molecule has 2 N–H and O–H groups in total. The van der Waals surface area contributed by atoms with Crippen molar-refractivity contribution in [1.29, 1.82) is 0 Å². The molecule has 0 spiro atoms. The summed E-state index contributed by atoms with van der Waals surface area (Å²) in [5.41, 5.74) is 0.640. The SMILES string of the molecule is Cc1nc(C)c(C(C)NC2CC2NC(=O)OC(C)(C)C)s1. The number of hydrogen-bond acceptors (Lipinski definition) is 5. The Bertz CT molecular complexity index is 521. The zero-order valence-corrected chi connectivity index (χ0v) is 14.4. The fourth-order valence-corrected chi connectivity index (χ4v) is 3.28. The van der Waals surface area contributed by atoms with Gasteiger partial charge in [0.2, 0.25) is 0 Å². The number of aryl methyl sites for hydroxylation is 2. The number of rotatable bonds is 4. The van der Waals surface area contributed by atoms with Gasteiger partial charge in [-0.1, -0.05) is 0 Å². The van der Waals surface area contributed by atoms with Gasteiger partial charge in [-0.15, -0.1) is 11.3 Å². The van der Waals surface area contributed by atoms with Crippen LogP contribution in [0.15, 0.2) is 0 Å². The summed E-state index contributed by atoms with van der Waals surface area (Å²) in [6.45, 7) is 11.8. The minimum Gasteiger partial charge on any atom is -0.444 e. The maximum atomic E-state index is 11.7. The molecule has 2 rings (SSSR count). The summed E-state index contributed by atoms with van der Waals surface area (Å²) in [6.07, 6.45) is 0.606. The third-order valence-corrected chi connectivity index (χ3v) is 4.54. The summed E-state index contributed by atoms with van der Waals surface area (Å²) in [5.74, 6) is 0. The van der Waals surface area contributed by atoms with E-state index in [1.54, 1.807) is 11.3 Å². The molecule has 1 saturated carbocycles. The largest absolute Gasteiger partial charge is 0.444 e. The van der Waals surface area contributed by atoms with Crippen molar-refractivity contribution in [3.8, 4) is 0 Å². The van der Waals surface area contributed by atoms with Crippen molar-refractivity contribution in [2.24, 2.45) is 0 Å².